The molecule has 1 fully saturated rings. The van der Waals surface area contributed by atoms with Crippen LogP contribution in [0.5, 0.6) is 0 Å². The first kappa shape index (κ1) is 14.6. The van der Waals surface area contributed by atoms with E-state index in [9.17, 15) is 0 Å². The second kappa shape index (κ2) is 6.09. The van der Waals surface area contributed by atoms with Crippen molar-refractivity contribution in [2.75, 3.05) is 0 Å². The quantitative estimate of drug-likeness (QED) is 0.824. The van der Waals surface area contributed by atoms with Gasteiger partial charge in [-0.1, -0.05) is 44.9 Å². The lowest BCUT2D eigenvalue weighted by atomic mass is 9.77. The fourth-order valence-corrected chi connectivity index (χ4v) is 3.27. The standard InChI is InChI=1S/C18H29N/c1-12-9-10-17(11-14(12)3)16(5)19-18-8-6-7-13(2)15(18)4/h9-11,13,15-16,18-19H,6-8H2,1-5H3. The normalized spacial score (nSPS) is 29.2. The van der Waals surface area contributed by atoms with Gasteiger partial charge in [0.1, 0.15) is 0 Å². The van der Waals surface area contributed by atoms with Gasteiger partial charge in [0.25, 0.3) is 0 Å². The van der Waals surface area contributed by atoms with Gasteiger partial charge in [-0.05, 0) is 55.7 Å². The summed E-state index contributed by atoms with van der Waals surface area (Å²) in [6.45, 7) is 11.5. The molecule has 0 heterocycles. The van der Waals surface area contributed by atoms with Crippen LogP contribution >= 0.6 is 0 Å². The van der Waals surface area contributed by atoms with Crippen molar-refractivity contribution < 1.29 is 0 Å². The molecule has 0 aliphatic heterocycles. The van der Waals surface area contributed by atoms with Gasteiger partial charge >= 0.3 is 0 Å². The summed E-state index contributed by atoms with van der Waals surface area (Å²) in [5.74, 6) is 1.65. The van der Waals surface area contributed by atoms with E-state index in [1.54, 1.807) is 0 Å². The molecule has 1 aromatic carbocycles. The van der Waals surface area contributed by atoms with E-state index in [0.717, 1.165) is 11.8 Å². The Kier molecular flexibility index (Phi) is 4.67. The number of aryl methyl sites for hydroxylation is 2. The molecule has 0 saturated heterocycles. The third-order valence-corrected chi connectivity index (χ3v) is 5.20. The van der Waals surface area contributed by atoms with Crippen molar-refractivity contribution in [1.29, 1.82) is 0 Å². The molecule has 2 rings (SSSR count). The summed E-state index contributed by atoms with van der Waals surface area (Å²) in [5, 5.41) is 3.86. The zero-order valence-electron chi connectivity index (χ0n) is 13.2. The smallest absolute Gasteiger partial charge is 0.0294 e. The lowest BCUT2D eigenvalue weighted by Gasteiger charge is -2.36. The molecule has 4 unspecified atom stereocenters. The van der Waals surface area contributed by atoms with Crippen molar-refractivity contribution in [3.63, 3.8) is 0 Å². The summed E-state index contributed by atoms with van der Waals surface area (Å²) in [5.41, 5.74) is 4.21. The van der Waals surface area contributed by atoms with Gasteiger partial charge < -0.3 is 5.32 Å². The Hall–Kier alpha value is -0.820. The van der Waals surface area contributed by atoms with Crippen LogP contribution in [-0.2, 0) is 0 Å². The molecule has 0 bridgehead atoms. The van der Waals surface area contributed by atoms with Crippen LogP contribution in [-0.4, -0.2) is 6.04 Å². The molecule has 4 atom stereocenters. The Morgan fingerprint density at radius 1 is 1.11 bits per heavy atom. The van der Waals surface area contributed by atoms with Crippen LogP contribution in [0.2, 0.25) is 0 Å². The minimum absolute atomic E-state index is 0.456. The predicted octanol–water partition coefficient (Wildman–Crippen LogP) is 4.78. The van der Waals surface area contributed by atoms with Crippen LogP contribution < -0.4 is 5.32 Å². The van der Waals surface area contributed by atoms with Gasteiger partial charge in [-0.15, -0.1) is 0 Å². The number of benzene rings is 1. The molecule has 19 heavy (non-hydrogen) atoms. The summed E-state index contributed by atoms with van der Waals surface area (Å²) in [4.78, 5) is 0. The molecule has 106 valence electrons. The van der Waals surface area contributed by atoms with E-state index in [0.29, 0.717) is 12.1 Å². The third kappa shape index (κ3) is 3.39. The molecule has 0 radical (unpaired) electrons. The molecule has 1 nitrogen and oxygen atoms in total. The van der Waals surface area contributed by atoms with Crippen molar-refractivity contribution in [2.45, 2.75) is 66.0 Å². The minimum atomic E-state index is 0.456. The SMILES string of the molecule is Cc1ccc(C(C)NC2CCCC(C)C2C)cc1C. The highest BCUT2D eigenvalue weighted by atomic mass is 15.0. The second-order valence-electron chi connectivity index (χ2n) is 6.61. The molecule has 0 aromatic heterocycles. The maximum Gasteiger partial charge on any atom is 0.0294 e. The number of hydrogen-bond acceptors (Lipinski definition) is 1. The van der Waals surface area contributed by atoms with Crippen LogP contribution in [0.1, 0.15) is 62.8 Å². The largest absolute Gasteiger partial charge is 0.307 e. The number of nitrogens with one attached hydrogen (secondary N) is 1. The summed E-state index contributed by atoms with van der Waals surface area (Å²) < 4.78 is 0. The Morgan fingerprint density at radius 3 is 2.53 bits per heavy atom. The highest BCUT2D eigenvalue weighted by Crippen LogP contribution is 2.31. The van der Waals surface area contributed by atoms with Gasteiger partial charge in [0.05, 0.1) is 0 Å². The lowest BCUT2D eigenvalue weighted by Crippen LogP contribution is -2.41. The van der Waals surface area contributed by atoms with Gasteiger partial charge in [0.15, 0.2) is 0 Å². The predicted molar refractivity (Wildman–Crippen MR) is 83.4 cm³/mol. The summed E-state index contributed by atoms with van der Waals surface area (Å²) in [6, 6.07) is 7.99. The van der Waals surface area contributed by atoms with Crippen LogP contribution in [0.15, 0.2) is 18.2 Å². The molecule has 1 aromatic rings. The van der Waals surface area contributed by atoms with Crippen LogP contribution in [0.3, 0.4) is 0 Å². The molecule has 1 heteroatoms. The Bertz CT molecular complexity index is 424. The zero-order valence-corrected chi connectivity index (χ0v) is 13.2. The Balaban J connectivity index is 2.03. The fraction of sp³-hybridized carbons (Fsp3) is 0.667. The van der Waals surface area contributed by atoms with Crippen molar-refractivity contribution in [2.24, 2.45) is 11.8 Å². The second-order valence-corrected chi connectivity index (χ2v) is 6.61. The van der Waals surface area contributed by atoms with E-state index in [1.165, 1.54) is 36.0 Å². The zero-order chi connectivity index (χ0) is 14.0. The fourth-order valence-electron chi connectivity index (χ4n) is 3.27. The van der Waals surface area contributed by atoms with Gasteiger partial charge in [0, 0.05) is 12.1 Å². The van der Waals surface area contributed by atoms with Crippen molar-refractivity contribution in [1.82, 2.24) is 5.32 Å². The first-order valence-electron chi connectivity index (χ1n) is 7.82. The van der Waals surface area contributed by atoms with Crippen molar-refractivity contribution >= 4 is 0 Å². The number of hydrogen-bond donors (Lipinski definition) is 1. The minimum Gasteiger partial charge on any atom is -0.307 e. The van der Waals surface area contributed by atoms with Crippen molar-refractivity contribution in [3.8, 4) is 0 Å². The summed E-state index contributed by atoms with van der Waals surface area (Å²) in [6.07, 6.45) is 4.11. The maximum atomic E-state index is 3.86. The van der Waals surface area contributed by atoms with E-state index in [4.69, 9.17) is 0 Å². The molecule has 1 N–H and O–H groups in total. The van der Waals surface area contributed by atoms with Crippen molar-refractivity contribution in [3.05, 3.63) is 34.9 Å². The van der Waals surface area contributed by atoms with Gasteiger partial charge in [0.2, 0.25) is 0 Å². The molecule has 0 spiro atoms. The Labute approximate surface area is 118 Å². The average molecular weight is 259 g/mol. The maximum absolute atomic E-state index is 3.86. The summed E-state index contributed by atoms with van der Waals surface area (Å²) in [7, 11) is 0. The van der Waals surface area contributed by atoms with E-state index in [1.807, 2.05) is 0 Å². The van der Waals surface area contributed by atoms with Gasteiger partial charge in [-0.3, -0.25) is 0 Å². The monoisotopic (exact) mass is 259 g/mol. The topological polar surface area (TPSA) is 12.0 Å². The first-order valence-corrected chi connectivity index (χ1v) is 7.82. The average Bonchev–Trinajstić information content (AvgIpc) is 2.38. The highest BCUT2D eigenvalue weighted by molar-refractivity contribution is 5.31. The molecule has 0 amide bonds. The van der Waals surface area contributed by atoms with Gasteiger partial charge in [-0.2, -0.15) is 0 Å². The third-order valence-electron chi connectivity index (χ3n) is 5.20. The first-order chi connectivity index (χ1) is 8.99. The summed E-state index contributed by atoms with van der Waals surface area (Å²) >= 11 is 0. The Morgan fingerprint density at radius 2 is 1.84 bits per heavy atom. The molecule has 1 aliphatic rings. The molecule has 1 saturated carbocycles. The van der Waals surface area contributed by atoms with Gasteiger partial charge in [-0.25, -0.2) is 0 Å². The van der Waals surface area contributed by atoms with E-state index in [-0.39, 0.29) is 0 Å². The van der Waals surface area contributed by atoms with Crippen LogP contribution in [0.4, 0.5) is 0 Å². The number of rotatable bonds is 3. The van der Waals surface area contributed by atoms with Crippen LogP contribution in [0, 0.1) is 25.7 Å². The molecular weight excluding hydrogens is 230 g/mol. The highest BCUT2D eigenvalue weighted by Gasteiger charge is 2.27. The molecule has 1 aliphatic carbocycles. The van der Waals surface area contributed by atoms with Crippen LogP contribution in [0.25, 0.3) is 0 Å². The van der Waals surface area contributed by atoms with E-state index < -0.39 is 0 Å². The molecular formula is C18H29N. The van der Waals surface area contributed by atoms with E-state index in [2.05, 4.69) is 58.1 Å². The van der Waals surface area contributed by atoms with E-state index >= 15 is 0 Å². The lowest BCUT2D eigenvalue weighted by molar-refractivity contribution is 0.196.